The molecule has 0 fully saturated rings. The number of amides is 1. The molecule has 1 amide bonds. The van der Waals surface area contributed by atoms with Gasteiger partial charge in [0.05, 0.1) is 6.42 Å². The highest BCUT2D eigenvalue weighted by molar-refractivity contribution is 5.77. The minimum Gasteiger partial charge on any atom is -0.369 e. The van der Waals surface area contributed by atoms with Gasteiger partial charge in [-0.15, -0.1) is 0 Å². The van der Waals surface area contributed by atoms with Crippen molar-refractivity contribution in [2.75, 3.05) is 0 Å². The van der Waals surface area contributed by atoms with E-state index in [-0.39, 0.29) is 5.91 Å². The molecule has 2 heteroatoms. The molecule has 20 heavy (non-hydrogen) atoms. The maximum atomic E-state index is 10.8. The number of rotatable bonds is 4. The monoisotopic (exact) mass is 269 g/mol. The van der Waals surface area contributed by atoms with Gasteiger partial charge in [-0.2, -0.15) is 0 Å². The van der Waals surface area contributed by atoms with E-state index in [1.165, 1.54) is 11.1 Å². The smallest absolute Gasteiger partial charge is 0.221 e. The minimum atomic E-state index is -0.296. The molecular formula is C18H23NO. The van der Waals surface area contributed by atoms with Crippen LogP contribution in [0.5, 0.6) is 0 Å². The van der Waals surface area contributed by atoms with Gasteiger partial charge in [-0.25, -0.2) is 0 Å². The molecule has 0 unspecified atom stereocenters. The Labute approximate surface area is 121 Å². The van der Waals surface area contributed by atoms with E-state index in [4.69, 9.17) is 5.73 Å². The lowest BCUT2D eigenvalue weighted by Crippen LogP contribution is -2.13. The van der Waals surface area contributed by atoms with Crippen LogP contribution in [0.1, 0.15) is 31.9 Å². The second-order valence-electron chi connectivity index (χ2n) is 4.39. The van der Waals surface area contributed by atoms with Gasteiger partial charge < -0.3 is 5.73 Å². The average Bonchev–Trinajstić information content (AvgIpc) is 2.50. The fourth-order valence-corrected chi connectivity index (χ4v) is 1.95. The molecule has 0 bridgehead atoms. The zero-order chi connectivity index (χ0) is 15.0. The fraction of sp³-hybridized carbons (Fsp3) is 0.278. The normalized spacial score (nSPS) is 9.55. The number of primary amides is 1. The van der Waals surface area contributed by atoms with Crippen LogP contribution in [0.2, 0.25) is 0 Å². The van der Waals surface area contributed by atoms with E-state index in [0.717, 1.165) is 17.5 Å². The third kappa shape index (κ3) is 4.54. The Morgan fingerprint density at radius 3 is 1.60 bits per heavy atom. The van der Waals surface area contributed by atoms with E-state index in [2.05, 4.69) is 31.2 Å². The molecule has 0 spiro atoms. The predicted molar refractivity (Wildman–Crippen MR) is 85.5 cm³/mol. The van der Waals surface area contributed by atoms with Crippen LogP contribution in [0.25, 0.3) is 11.1 Å². The zero-order valence-corrected chi connectivity index (χ0v) is 12.5. The molecule has 2 nitrogen and oxygen atoms in total. The van der Waals surface area contributed by atoms with Gasteiger partial charge in [0.25, 0.3) is 0 Å². The van der Waals surface area contributed by atoms with Crippen molar-refractivity contribution < 1.29 is 4.79 Å². The summed E-state index contributed by atoms with van der Waals surface area (Å²) in [4.78, 5) is 10.8. The molecule has 0 aliphatic rings. The van der Waals surface area contributed by atoms with E-state index in [9.17, 15) is 4.79 Å². The molecule has 0 radical (unpaired) electrons. The molecule has 2 aromatic carbocycles. The van der Waals surface area contributed by atoms with Crippen LogP contribution in [0, 0.1) is 0 Å². The van der Waals surface area contributed by atoms with Gasteiger partial charge >= 0.3 is 0 Å². The van der Waals surface area contributed by atoms with Crippen molar-refractivity contribution in [3.05, 3.63) is 59.7 Å². The highest BCUT2D eigenvalue weighted by atomic mass is 16.1. The van der Waals surface area contributed by atoms with E-state index in [1.807, 2.05) is 38.1 Å². The van der Waals surface area contributed by atoms with Gasteiger partial charge in [0.15, 0.2) is 0 Å². The maximum absolute atomic E-state index is 10.8. The second kappa shape index (κ2) is 8.16. The van der Waals surface area contributed by atoms with Gasteiger partial charge in [-0.1, -0.05) is 69.3 Å². The number of hydrogen-bond donors (Lipinski definition) is 1. The summed E-state index contributed by atoms with van der Waals surface area (Å²) in [5.74, 6) is -0.296. The lowest BCUT2D eigenvalue weighted by atomic mass is 10.0. The van der Waals surface area contributed by atoms with Crippen molar-refractivity contribution in [3.63, 3.8) is 0 Å². The van der Waals surface area contributed by atoms with Gasteiger partial charge in [0, 0.05) is 0 Å². The minimum absolute atomic E-state index is 0.296. The Hall–Kier alpha value is -2.09. The first-order valence-corrected chi connectivity index (χ1v) is 7.15. The number of nitrogens with two attached hydrogens (primary N) is 1. The van der Waals surface area contributed by atoms with E-state index < -0.39 is 0 Å². The molecule has 2 rings (SSSR count). The van der Waals surface area contributed by atoms with Crippen LogP contribution in [0.3, 0.4) is 0 Å². The van der Waals surface area contributed by atoms with Crippen molar-refractivity contribution in [3.8, 4) is 11.1 Å². The van der Waals surface area contributed by atoms with Crippen LogP contribution in [0.15, 0.2) is 48.5 Å². The molecule has 2 aromatic rings. The average molecular weight is 269 g/mol. The lowest BCUT2D eigenvalue weighted by Gasteiger charge is -2.04. The quantitative estimate of drug-likeness (QED) is 0.896. The number of carbonyl (C=O) groups is 1. The molecular weight excluding hydrogens is 246 g/mol. The van der Waals surface area contributed by atoms with Gasteiger partial charge in [0.1, 0.15) is 0 Å². The Morgan fingerprint density at radius 2 is 1.25 bits per heavy atom. The molecule has 0 atom stereocenters. The lowest BCUT2D eigenvalue weighted by molar-refractivity contribution is -0.117. The molecule has 0 saturated carbocycles. The molecule has 0 aromatic heterocycles. The van der Waals surface area contributed by atoms with Crippen LogP contribution in [-0.2, 0) is 17.6 Å². The first-order chi connectivity index (χ1) is 9.69. The first kappa shape index (κ1) is 16.0. The van der Waals surface area contributed by atoms with Crippen molar-refractivity contribution in [1.29, 1.82) is 0 Å². The molecule has 2 N–H and O–H groups in total. The zero-order valence-electron chi connectivity index (χ0n) is 12.5. The third-order valence-electron chi connectivity index (χ3n) is 3.03. The molecule has 0 heterocycles. The Morgan fingerprint density at radius 1 is 0.850 bits per heavy atom. The Balaban J connectivity index is 0.000000956. The Bertz CT molecular complexity index is 526. The Kier molecular flexibility index (Phi) is 6.51. The van der Waals surface area contributed by atoms with Crippen LogP contribution >= 0.6 is 0 Å². The van der Waals surface area contributed by atoms with Crippen LogP contribution < -0.4 is 5.73 Å². The second-order valence-corrected chi connectivity index (χ2v) is 4.39. The summed E-state index contributed by atoms with van der Waals surface area (Å²) in [5, 5.41) is 0. The van der Waals surface area contributed by atoms with Crippen molar-refractivity contribution in [2.24, 2.45) is 5.73 Å². The van der Waals surface area contributed by atoms with Crippen LogP contribution in [-0.4, -0.2) is 5.91 Å². The largest absolute Gasteiger partial charge is 0.369 e. The molecule has 0 aliphatic heterocycles. The number of hydrogen-bond acceptors (Lipinski definition) is 1. The fourth-order valence-electron chi connectivity index (χ4n) is 1.95. The molecule has 0 saturated heterocycles. The summed E-state index contributed by atoms with van der Waals surface area (Å²) < 4.78 is 0. The van der Waals surface area contributed by atoms with Gasteiger partial charge in [-0.3, -0.25) is 4.79 Å². The summed E-state index contributed by atoms with van der Waals surface area (Å²) in [6.07, 6.45) is 1.35. The summed E-state index contributed by atoms with van der Waals surface area (Å²) in [5.41, 5.74) is 9.81. The standard InChI is InChI=1S/C16H17NO.C2H6/c1-2-12-3-7-14(8-4-12)15-9-5-13(6-10-15)11-16(17)18;1-2/h3-10H,2,11H2,1H3,(H2,17,18);1-2H3. The highest BCUT2D eigenvalue weighted by Crippen LogP contribution is 2.20. The summed E-state index contributed by atoms with van der Waals surface area (Å²) in [6.45, 7) is 6.15. The van der Waals surface area contributed by atoms with Gasteiger partial charge in [0.2, 0.25) is 5.91 Å². The van der Waals surface area contributed by atoms with E-state index in [0.29, 0.717) is 6.42 Å². The summed E-state index contributed by atoms with van der Waals surface area (Å²) >= 11 is 0. The molecule has 106 valence electrons. The number of aryl methyl sites for hydroxylation is 1. The van der Waals surface area contributed by atoms with E-state index >= 15 is 0 Å². The maximum Gasteiger partial charge on any atom is 0.221 e. The SMILES string of the molecule is CC.CCc1ccc(-c2ccc(CC(N)=O)cc2)cc1. The third-order valence-corrected chi connectivity index (χ3v) is 3.03. The van der Waals surface area contributed by atoms with Crippen LogP contribution in [0.4, 0.5) is 0 Å². The summed E-state index contributed by atoms with van der Waals surface area (Å²) in [6, 6.07) is 16.5. The van der Waals surface area contributed by atoms with Crippen molar-refractivity contribution in [1.82, 2.24) is 0 Å². The highest BCUT2D eigenvalue weighted by Gasteiger charge is 2.00. The molecule has 0 aliphatic carbocycles. The number of benzene rings is 2. The number of carbonyl (C=O) groups excluding carboxylic acids is 1. The van der Waals surface area contributed by atoms with Gasteiger partial charge in [-0.05, 0) is 28.7 Å². The predicted octanol–water partition coefficient (Wildman–Crippen LogP) is 3.97. The summed E-state index contributed by atoms with van der Waals surface area (Å²) in [7, 11) is 0. The van der Waals surface area contributed by atoms with Crippen molar-refractivity contribution in [2.45, 2.75) is 33.6 Å². The van der Waals surface area contributed by atoms with Crippen molar-refractivity contribution >= 4 is 5.91 Å². The topological polar surface area (TPSA) is 43.1 Å². The first-order valence-electron chi connectivity index (χ1n) is 7.15. The van der Waals surface area contributed by atoms with E-state index in [1.54, 1.807) is 0 Å².